The number of allylic oxidation sites excluding steroid dienone is 1. The van der Waals surface area contributed by atoms with Gasteiger partial charge in [-0.2, -0.15) is 0 Å². The quantitative estimate of drug-likeness (QED) is 0.484. The summed E-state index contributed by atoms with van der Waals surface area (Å²) in [6, 6.07) is 14.5. The monoisotopic (exact) mass is 264 g/mol. The van der Waals surface area contributed by atoms with Gasteiger partial charge in [0.15, 0.2) is 0 Å². The number of rotatable bonds is 4. The van der Waals surface area contributed by atoms with E-state index in [4.69, 9.17) is 0 Å². The second-order valence-electron chi connectivity index (χ2n) is 4.25. The zero-order valence-electron chi connectivity index (χ0n) is 10.9. The van der Waals surface area contributed by atoms with E-state index in [1.807, 2.05) is 42.8 Å². The Labute approximate surface area is 117 Å². The topological polar surface area (TPSA) is 43.1 Å². The van der Waals surface area contributed by atoms with Crippen LogP contribution < -0.4 is 10.4 Å². The smallest absolute Gasteiger partial charge is 0.258 e. The number of nitro benzene ring substituents is 1. The SMILES string of the molecule is C=CC=c1ccc(=C[CH+]c2ccc([N+](=O)[O-])cc2)cc1. The highest BCUT2D eigenvalue weighted by Crippen LogP contribution is 2.13. The average Bonchev–Trinajstić information content (AvgIpc) is 2.47. The van der Waals surface area contributed by atoms with E-state index < -0.39 is 4.92 Å². The lowest BCUT2D eigenvalue weighted by molar-refractivity contribution is -0.384. The number of hydrogen-bond donors (Lipinski definition) is 0. The Morgan fingerprint density at radius 1 is 1.00 bits per heavy atom. The molecular formula is C17H14NO2+. The standard InChI is InChI=1S/C17H14NO2/c1-2-3-14-4-6-15(7-5-14)8-9-16-10-12-17(13-11-16)18(19)20/h2-13H,1H2/q+1. The van der Waals surface area contributed by atoms with Crippen molar-refractivity contribution in [1.29, 1.82) is 0 Å². The van der Waals surface area contributed by atoms with E-state index in [1.54, 1.807) is 18.2 Å². The van der Waals surface area contributed by atoms with Crippen LogP contribution in [0.5, 0.6) is 0 Å². The molecule has 2 aromatic rings. The molecule has 0 radical (unpaired) electrons. The number of nitro groups is 1. The molecule has 3 nitrogen and oxygen atoms in total. The molecule has 0 atom stereocenters. The number of benzene rings is 2. The first-order valence-electron chi connectivity index (χ1n) is 6.17. The lowest BCUT2D eigenvalue weighted by atomic mass is 10.1. The van der Waals surface area contributed by atoms with Crippen molar-refractivity contribution >= 4 is 17.8 Å². The lowest BCUT2D eigenvalue weighted by Gasteiger charge is -1.90. The van der Waals surface area contributed by atoms with Gasteiger partial charge in [0.25, 0.3) is 5.69 Å². The van der Waals surface area contributed by atoms with Gasteiger partial charge in [-0.15, -0.1) is 0 Å². The van der Waals surface area contributed by atoms with Gasteiger partial charge in [0.2, 0.25) is 0 Å². The van der Waals surface area contributed by atoms with Gasteiger partial charge in [-0.05, 0) is 29.5 Å². The fourth-order valence-electron chi connectivity index (χ4n) is 1.75. The van der Waals surface area contributed by atoms with Crippen molar-refractivity contribution < 1.29 is 4.92 Å². The minimum absolute atomic E-state index is 0.103. The van der Waals surface area contributed by atoms with Crippen LogP contribution in [0.4, 0.5) is 5.69 Å². The Bertz CT molecular complexity index is 707. The summed E-state index contributed by atoms with van der Waals surface area (Å²) in [5.74, 6) is 0. The number of nitrogens with zero attached hydrogens (tertiary/aromatic N) is 1. The van der Waals surface area contributed by atoms with Crippen molar-refractivity contribution in [2.45, 2.75) is 0 Å². The van der Waals surface area contributed by atoms with Crippen molar-refractivity contribution in [1.82, 2.24) is 0 Å². The van der Waals surface area contributed by atoms with E-state index in [-0.39, 0.29) is 5.69 Å². The molecule has 2 rings (SSSR count). The Balaban J connectivity index is 2.14. The van der Waals surface area contributed by atoms with Crippen LogP contribution in [0.1, 0.15) is 5.56 Å². The van der Waals surface area contributed by atoms with Gasteiger partial charge in [-0.1, -0.05) is 18.7 Å². The van der Waals surface area contributed by atoms with E-state index in [2.05, 4.69) is 6.58 Å². The molecule has 2 aromatic carbocycles. The molecule has 98 valence electrons. The van der Waals surface area contributed by atoms with E-state index in [9.17, 15) is 10.1 Å². The molecule has 0 spiro atoms. The third-order valence-electron chi connectivity index (χ3n) is 2.82. The third-order valence-corrected chi connectivity index (χ3v) is 2.82. The molecule has 0 aliphatic heterocycles. The zero-order chi connectivity index (χ0) is 14.4. The largest absolute Gasteiger partial charge is 0.288 e. The normalized spacial score (nSPS) is 9.60. The zero-order valence-corrected chi connectivity index (χ0v) is 10.9. The number of hydrogen-bond acceptors (Lipinski definition) is 2. The second kappa shape index (κ2) is 6.38. The highest BCUT2D eigenvalue weighted by atomic mass is 16.6. The minimum atomic E-state index is -0.400. The summed E-state index contributed by atoms with van der Waals surface area (Å²) in [6.07, 6.45) is 7.58. The first-order valence-corrected chi connectivity index (χ1v) is 6.17. The van der Waals surface area contributed by atoms with Crippen molar-refractivity contribution in [2.75, 3.05) is 0 Å². The van der Waals surface area contributed by atoms with Gasteiger partial charge in [0, 0.05) is 29.8 Å². The molecule has 20 heavy (non-hydrogen) atoms. The molecule has 0 amide bonds. The molecule has 0 aliphatic rings. The van der Waals surface area contributed by atoms with Crippen LogP contribution in [-0.2, 0) is 0 Å². The molecule has 0 saturated carbocycles. The maximum atomic E-state index is 10.6. The summed E-state index contributed by atoms with van der Waals surface area (Å²) >= 11 is 0. The van der Waals surface area contributed by atoms with Gasteiger partial charge < -0.3 is 0 Å². The molecule has 0 aromatic heterocycles. The van der Waals surface area contributed by atoms with Gasteiger partial charge >= 0.3 is 0 Å². The van der Waals surface area contributed by atoms with E-state index in [0.717, 1.165) is 16.0 Å². The number of non-ortho nitro benzene ring substituents is 1. The minimum Gasteiger partial charge on any atom is -0.258 e. The van der Waals surface area contributed by atoms with E-state index in [0.29, 0.717) is 0 Å². The van der Waals surface area contributed by atoms with E-state index >= 15 is 0 Å². The maximum absolute atomic E-state index is 10.6. The lowest BCUT2D eigenvalue weighted by Crippen LogP contribution is -2.06. The predicted molar refractivity (Wildman–Crippen MR) is 81.3 cm³/mol. The van der Waals surface area contributed by atoms with Crippen LogP contribution in [-0.4, -0.2) is 4.92 Å². The molecule has 0 bridgehead atoms. The van der Waals surface area contributed by atoms with Gasteiger partial charge in [-0.25, -0.2) is 0 Å². The van der Waals surface area contributed by atoms with Crippen LogP contribution in [0, 0.1) is 16.5 Å². The second-order valence-corrected chi connectivity index (χ2v) is 4.25. The van der Waals surface area contributed by atoms with Crippen LogP contribution in [0.2, 0.25) is 0 Å². The molecular weight excluding hydrogens is 250 g/mol. The van der Waals surface area contributed by atoms with Crippen LogP contribution >= 0.6 is 0 Å². The summed E-state index contributed by atoms with van der Waals surface area (Å²) < 4.78 is 0. The molecule has 0 N–H and O–H groups in total. The highest BCUT2D eigenvalue weighted by molar-refractivity contribution is 5.47. The van der Waals surface area contributed by atoms with Crippen molar-refractivity contribution in [3.05, 3.63) is 93.7 Å². The maximum Gasteiger partial charge on any atom is 0.288 e. The first-order chi connectivity index (χ1) is 9.69. The van der Waals surface area contributed by atoms with Crippen molar-refractivity contribution in [3.8, 4) is 0 Å². The fraction of sp³-hybridized carbons (Fsp3) is 0. The van der Waals surface area contributed by atoms with Crippen LogP contribution in [0.15, 0.2) is 61.2 Å². The molecule has 0 unspecified atom stereocenters. The highest BCUT2D eigenvalue weighted by Gasteiger charge is 2.07. The summed E-state index contributed by atoms with van der Waals surface area (Å²) in [5, 5.41) is 12.7. The van der Waals surface area contributed by atoms with E-state index in [1.165, 1.54) is 12.1 Å². The first kappa shape index (κ1) is 13.6. The van der Waals surface area contributed by atoms with Crippen molar-refractivity contribution in [2.24, 2.45) is 0 Å². The van der Waals surface area contributed by atoms with Crippen LogP contribution in [0.3, 0.4) is 0 Å². The summed E-state index contributed by atoms with van der Waals surface area (Å²) in [7, 11) is 0. The molecule has 0 aliphatic carbocycles. The van der Waals surface area contributed by atoms with Crippen molar-refractivity contribution in [3.63, 3.8) is 0 Å². The van der Waals surface area contributed by atoms with Gasteiger partial charge in [-0.3, -0.25) is 10.1 Å². The Morgan fingerprint density at radius 3 is 2.15 bits per heavy atom. The Kier molecular flexibility index (Phi) is 4.35. The van der Waals surface area contributed by atoms with Gasteiger partial charge in [0.1, 0.15) is 0 Å². The molecule has 0 fully saturated rings. The Morgan fingerprint density at radius 2 is 1.60 bits per heavy atom. The fourth-order valence-corrected chi connectivity index (χ4v) is 1.75. The van der Waals surface area contributed by atoms with Crippen LogP contribution in [0.25, 0.3) is 12.2 Å². The average molecular weight is 264 g/mol. The third kappa shape index (κ3) is 3.59. The Hall–Kier alpha value is -2.81. The summed E-state index contributed by atoms with van der Waals surface area (Å²) in [6.45, 7) is 3.66. The summed E-state index contributed by atoms with van der Waals surface area (Å²) in [4.78, 5) is 10.2. The molecule has 0 saturated heterocycles. The van der Waals surface area contributed by atoms with Gasteiger partial charge in [0.05, 0.1) is 22.6 Å². The summed E-state index contributed by atoms with van der Waals surface area (Å²) in [5.41, 5.74) is 1.03. The molecule has 3 heteroatoms. The molecule has 0 heterocycles. The predicted octanol–water partition coefficient (Wildman–Crippen LogP) is 2.59.